The first-order valence-corrected chi connectivity index (χ1v) is 6.73. The average Bonchev–Trinajstić information content (AvgIpc) is 2.91. The van der Waals surface area contributed by atoms with Crippen molar-refractivity contribution < 1.29 is 4.74 Å². The van der Waals surface area contributed by atoms with Crippen molar-refractivity contribution in [3.8, 4) is 22.7 Å². The molecule has 0 spiro atoms. The van der Waals surface area contributed by atoms with Gasteiger partial charge in [-0.05, 0) is 43.3 Å². The molecular weight excluding hydrogens is 266 g/mol. The lowest BCUT2D eigenvalue weighted by Gasteiger charge is -2.05. The molecule has 0 aliphatic carbocycles. The van der Waals surface area contributed by atoms with E-state index in [9.17, 15) is 4.79 Å². The van der Waals surface area contributed by atoms with Crippen LogP contribution in [-0.2, 0) is 0 Å². The van der Waals surface area contributed by atoms with Gasteiger partial charge in [-0.15, -0.1) is 0 Å². The third-order valence-corrected chi connectivity index (χ3v) is 3.10. The van der Waals surface area contributed by atoms with Gasteiger partial charge in [-0.3, -0.25) is 14.9 Å². The number of rotatable bonds is 4. The van der Waals surface area contributed by atoms with Crippen LogP contribution >= 0.6 is 0 Å². The summed E-state index contributed by atoms with van der Waals surface area (Å²) in [4.78, 5) is 16.2. The molecule has 1 aromatic carbocycles. The molecule has 21 heavy (non-hydrogen) atoms. The molecule has 0 radical (unpaired) electrons. The Labute approximate surface area is 121 Å². The quantitative estimate of drug-likeness (QED) is 0.799. The van der Waals surface area contributed by atoms with E-state index in [4.69, 9.17) is 4.74 Å². The van der Waals surface area contributed by atoms with Crippen molar-refractivity contribution in [1.29, 1.82) is 0 Å². The molecule has 3 aromatic rings. The van der Waals surface area contributed by atoms with Crippen molar-refractivity contribution in [1.82, 2.24) is 14.8 Å². The highest BCUT2D eigenvalue weighted by atomic mass is 16.5. The fraction of sp³-hybridized carbons (Fsp3) is 0.125. The number of ether oxygens (including phenoxy) is 1. The number of pyridine rings is 1. The number of nitrogens with zero attached hydrogens (tertiary/aromatic N) is 2. The van der Waals surface area contributed by atoms with Crippen LogP contribution in [0.4, 0.5) is 0 Å². The summed E-state index contributed by atoms with van der Waals surface area (Å²) in [6.45, 7) is 2.55. The van der Waals surface area contributed by atoms with Gasteiger partial charge in [0, 0.05) is 24.0 Å². The van der Waals surface area contributed by atoms with E-state index in [1.54, 1.807) is 18.5 Å². The summed E-state index contributed by atoms with van der Waals surface area (Å²) in [6, 6.07) is 12.7. The van der Waals surface area contributed by atoms with Gasteiger partial charge >= 0.3 is 0 Å². The molecule has 0 aliphatic rings. The van der Waals surface area contributed by atoms with E-state index < -0.39 is 0 Å². The average molecular weight is 281 g/mol. The van der Waals surface area contributed by atoms with Gasteiger partial charge in [0.15, 0.2) is 0 Å². The number of benzene rings is 1. The summed E-state index contributed by atoms with van der Waals surface area (Å²) in [5, 5.41) is 3.09. The lowest BCUT2D eigenvalue weighted by molar-refractivity contribution is 0.340. The zero-order valence-electron chi connectivity index (χ0n) is 11.6. The molecule has 0 fully saturated rings. The highest BCUT2D eigenvalue weighted by molar-refractivity contribution is 5.57. The van der Waals surface area contributed by atoms with E-state index in [1.165, 1.54) is 4.68 Å². The second kappa shape index (κ2) is 5.66. The van der Waals surface area contributed by atoms with Gasteiger partial charge < -0.3 is 4.74 Å². The Hall–Kier alpha value is -2.82. The minimum absolute atomic E-state index is 0.113. The van der Waals surface area contributed by atoms with Crippen LogP contribution in [0.1, 0.15) is 6.92 Å². The fourth-order valence-corrected chi connectivity index (χ4v) is 2.12. The maximum Gasteiger partial charge on any atom is 0.271 e. The molecule has 0 aliphatic heterocycles. The zero-order chi connectivity index (χ0) is 14.7. The van der Waals surface area contributed by atoms with Crippen LogP contribution in [0.2, 0.25) is 0 Å². The first kappa shape index (κ1) is 13.2. The number of aromatic nitrogens is 3. The molecule has 5 nitrogen and oxygen atoms in total. The molecule has 3 rings (SSSR count). The Morgan fingerprint density at radius 3 is 2.71 bits per heavy atom. The minimum Gasteiger partial charge on any atom is -0.494 e. The molecule has 1 N–H and O–H groups in total. The molecule has 0 amide bonds. The van der Waals surface area contributed by atoms with Crippen molar-refractivity contribution in [2.45, 2.75) is 6.92 Å². The van der Waals surface area contributed by atoms with Gasteiger partial charge in [-0.2, -0.15) is 0 Å². The minimum atomic E-state index is -0.113. The van der Waals surface area contributed by atoms with Crippen molar-refractivity contribution >= 4 is 0 Å². The summed E-state index contributed by atoms with van der Waals surface area (Å²) in [6.07, 6.45) is 3.42. The van der Waals surface area contributed by atoms with Gasteiger partial charge in [-0.1, -0.05) is 0 Å². The second-order valence-electron chi connectivity index (χ2n) is 4.51. The summed E-state index contributed by atoms with van der Waals surface area (Å²) in [7, 11) is 0. The van der Waals surface area contributed by atoms with Crippen LogP contribution in [-0.4, -0.2) is 21.4 Å². The smallest absolute Gasteiger partial charge is 0.271 e. The molecule has 106 valence electrons. The lowest BCUT2D eigenvalue weighted by Crippen LogP contribution is -2.13. The third-order valence-electron chi connectivity index (χ3n) is 3.10. The SMILES string of the molecule is CCOc1ccc(-n2[nH]c(-c3cccnc3)cc2=O)cc1. The molecule has 0 atom stereocenters. The Morgan fingerprint density at radius 1 is 1.24 bits per heavy atom. The molecule has 0 saturated heterocycles. The summed E-state index contributed by atoms with van der Waals surface area (Å²) >= 11 is 0. The van der Waals surface area contributed by atoms with Crippen LogP contribution < -0.4 is 10.3 Å². The van der Waals surface area contributed by atoms with Crippen LogP contribution in [0.15, 0.2) is 59.7 Å². The maximum atomic E-state index is 12.1. The van der Waals surface area contributed by atoms with Crippen molar-refractivity contribution in [3.05, 3.63) is 65.2 Å². The van der Waals surface area contributed by atoms with Crippen LogP contribution in [0, 0.1) is 0 Å². The number of H-pyrrole nitrogens is 1. The third kappa shape index (κ3) is 2.72. The molecular formula is C16H15N3O2. The Balaban J connectivity index is 1.96. The van der Waals surface area contributed by atoms with Gasteiger partial charge in [0.05, 0.1) is 18.0 Å². The van der Waals surface area contributed by atoms with Gasteiger partial charge in [0.1, 0.15) is 5.75 Å². The maximum absolute atomic E-state index is 12.1. The van der Waals surface area contributed by atoms with E-state index in [1.807, 2.05) is 43.3 Å². The normalized spacial score (nSPS) is 10.5. The Morgan fingerprint density at radius 2 is 2.05 bits per heavy atom. The number of hydrogen-bond acceptors (Lipinski definition) is 3. The lowest BCUT2D eigenvalue weighted by atomic mass is 10.2. The second-order valence-corrected chi connectivity index (χ2v) is 4.51. The molecule has 2 aromatic heterocycles. The number of hydrogen-bond donors (Lipinski definition) is 1. The van der Waals surface area contributed by atoms with E-state index in [2.05, 4.69) is 10.1 Å². The van der Waals surface area contributed by atoms with Gasteiger partial charge in [0.2, 0.25) is 0 Å². The van der Waals surface area contributed by atoms with E-state index in [-0.39, 0.29) is 5.56 Å². The number of nitrogens with one attached hydrogen (secondary N) is 1. The van der Waals surface area contributed by atoms with Crippen LogP contribution in [0.25, 0.3) is 16.9 Å². The highest BCUT2D eigenvalue weighted by Gasteiger charge is 2.07. The Kier molecular flexibility index (Phi) is 3.55. The first-order valence-electron chi connectivity index (χ1n) is 6.73. The van der Waals surface area contributed by atoms with E-state index >= 15 is 0 Å². The standard InChI is InChI=1S/C16H15N3O2/c1-2-21-14-7-5-13(6-8-14)19-16(20)10-15(18-19)12-4-3-9-17-11-12/h3-11,18H,2H2,1H3. The zero-order valence-corrected chi connectivity index (χ0v) is 11.6. The van der Waals surface area contributed by atoms with E-state index in [0.29, 0.717) is 6.61 Å². The number of aromatic amines is 1. The van der Waals surface area contributed by atoms with Crippen molar-refractivity contribution in [3.63, 3.8) is 0 Å². The van der Waals surface area contributed by atoms with Crippen LogP contribution in [0.5, 0.6) is 5.75 Å². The van der Waals surface area contributed by atoms with E-state index in [0.717, 1.165) is 22.7 Å². The Bertz CT molecular complexity index is 773. The molecule has 2 heterocycles. The topological polar surface area (TPSA) is 59.9 Å². The van der Waals surface area contributed by atoms with Crippen molar-refractivity contribution in [2.75, 3.05) is 6.61 Å². The van der Waals surface area contributed by atoms with Crippen LogP contribution in [0.3, 0.4) is 0 Å². The van der Waals surface area contributed by atoms with Crippen molar-refractivity contribution in [2.24, 2.45) is 0 Å². The molecule has 0 unspecified atom stereocenters. The predicted molar refractivity (Wildman–Crippen MR) is 80.8 cm³/mol. The first-order chi connectivity index (χ1) is 10.3. The fourth-order valence-electron chi connectivity index (χ4n) is 2.12. The molecule has 5 heteroatoms. The molecule has 0 bridgehead atoms. The largest absolute Gasteiger partial charge is 0.494 e. The summed E-state index contributed by atoms with van der Waals surface area (Å²) in [5.41, 5.74) is 2.26. The van der Waals surface area contributed by atoms with Gasteiger partial charge in [-0.25, -0.2) is 4.68 Å². The monoisotopic (exact) mass is 281 g/mol. The van der Waals surface area contributed by atoms with Gasteiger partial charge in [0.25, 0.3) is 5.56 Å². The highest BCUT2D eigenvalue weighted by Crippen LogP contribution is 2.17. The predicted octanol–water partition coefficient (Wildman–Crippen LogP) is 2.63. The molecule has 0 saturated carbocycles. The summed E-state index contributed by atoms with van der Waals surface area (Å²) < 4.78 is 6.89. The summed E-state index contributed by atoms with van der Waals surface area (Å²) in [5.74, 6) is 0.785.